The molecule has 0 bridgehead atoms. The van der Waals surface area contributed by atoms with Crippen molar-refractivity contribution < 1.29 is 34.3 Å². The van der Waals surface area contributed by atoms with Crippen molar-refractivity contribution in [3.63, 3.8) is 0 Å². The Bertz CT molecular complexity index is 791. The minimum atomic E-state index is -1.42. The minimum absolute atomic E-state index is 0.0147. The summed E-state index contributed by atoms with van der Waals surface area (Å²) in [6.07, 6.45) is 0.00752. The van der Waals surface area contributed by atoms with E-state index in [1.54, 1.807) is 36.4 Å². The molecule has 168 valence electrons. The number of ether oxygens (including phenoxy) is 4. The molecule has 1 saturated carbocycles. The van der Waals surface area contributed by atoms with E-state index in [1.807, 2.05) is 18.2 Å². The lowest BCUT2D eigenvalue weighted by molar-refractivity contribution is -0.279. The van der Waals surface area contributed by atoms with Gasteiger partial charge in [0.25, 0.3) is 0 Å². The first-order valence-corrected chi connectivity index (χ1v) is 10.9. The van der Waals surface area contributed by atoms with Crippen molar-refractivity contribution in [2.45, 2.75) is 68.9 Å². The number of aliphatic hydroxyl groups excluding tert-OH is 3. The van der Waals surface area contributed by atoms with E-state index in [9.17, 15) is 15.3 Å². The quantitative estimate of drug-likeness (QED) is 0.621. The van der Waals surface area contributed by atoms with Gasteiger partial charge in [-0.2, -0.15) is 0 Å². The number of hydrogen-bond acceptors (Lipinski definition) is 7. The van der Waals surface area contributed by atoms with Crippen molar-refractivity contribution in [1.29, 1.82) is 0 Å². The maximum absolute atomic E-state index is 10.5. The van der Waals surface area contributed by atoms with Gasteiger partial charge in [-0.25, -0.2) is 0 Å². The van der Waals surface area contributed by atoms with E-state index in [0.29, 0.717) is 11.5 Å². The van der Waals surface area contributed by atoms with Gasteiger partial charge < -0.3 is 34.3 Å². The molecule has 1 aliphatic heterocycles. The van der Waals surface area contributed by atoms with Crippen molar-refractivity contribution >= 4 is 0 Å². The van der Waals surface area contributed by atoms with E-state index in [4.69, 9.17) is 18.9 Å². The van der Waals surface area contributed by atoms with Gasteiger partial charge in [-0.15, -0.1) is 0 Å². The van der Waals surface area contributed by atoms with Gasteiger partial charge in [0.15, 0.2) is 12.4 Å². The van der Waals surface area contributed by atoms with Crippen LogP contribution in [0.4, 0.5) is 0 Å². The zero-order valence-corrected chi connectivity index (χ0v) is 17.4. The summed E-state index contributed by atoms with van der Waals surface area (Å²) in [6, 6.07) is 16.1. The first kappa shape index (κ1) is 21.9. The Morgan fingerprint density at radius 3 is 2.06 bits per heavy atom. The third-order valence-corrected chi connectivity index (χ3v) is 5.77. The van der Waals surface area contributed by atoms with Crippen LogP contribution in [-0.4, -0.2) is 58.7 Å². The third-order valence-electron chi connectivity index (χ3n) is 5.77. The Morgan fingerprint density at radius 2 is 1.39 bits per heavy atom. The third kappa shape index (κ3) is 5.68. The fourth-order valence-electron chi connectivity index (χ4n) is 4.01. The van der Waals surface area contributed by atoms with Crippen molar-refractivity contribution in [3.8, 4) is 17.2 Å². The van der Waals surface area contributed by atoms with Crippen LogP contribution in [0.15, 0.2) is 54.6 Å². The van der Waals surface area contributed by atoms with Gasteiger partial charge in [0.2, 0.25) is 0 Å². The molecule has 5 atom stereocenters. The molecule has 2 aromatic rings. The summed E-state index contributed by atoms with van der Waals surface area (Å²) >= 11 is 0. The highest BCUT2D eigenvalue weighted by Gasteiger charge is 2.45. The Hall–Kier alpha value is -2.32. The Labute approximate surface area is 182 Å². The molecule has 0 spiro atoms. The maximum Gasteiger partial charge on any atom is 0.195 e. The number of rotatable bonds is 7. The van der Waals surface area contributed by atoms with Crippen LogP contribution in [0, 0.1) is 0 Å². The van der Waals surface area contributed by atoms with Gasteiger partial charge in [0.1, 0.15) is 42.2 Å². The van der Waals surface area contributed by atoms with Gasteiger partial charge in [0, 0.05) is 0 Å². The number of hydrogen-bond donors (Lipinski definition) is 3. The molecule has 2 aliphatic rings. The fourth-order valence-corrected chi connectivity index (χ4v) is 4.01. The molecule has 0 amide bonds. The van der Waals surface area contributed by atoms with E-state index < -0.39 is 30.7 Å². The number of aliphatic hydroxyl groups is 3. The van der Waals surface area contributed by atoms with Gasteiger partial charge in [0.05, 0.1) is 6.10 Å². The second kappa shape index (κ2) is 10.3. The monoisotopic (exact) mass is 430 g/mol. The second-order valence-electron chi connectivity index (χ2n) is 8.10. The van der Waals surface area contributed by atoms with E-state index in [-0.39, 0.29) is 12.7 Å². The summed E-state index contributed by atoms with van der Waals surface area (Å²) in [5, 5.41) is 31.3. The summed E-state index contributed by atoms with van der Waals surface area (Å²) in [5.74, 6) is 1.81. The zero-order valence-electron chi connectivity index (χ0n) is 17.4. The average molecular weight is 430 g/mol. The molecule has 1 aliphatic carbocycles. The highest BCUT2D eigenvalue weighted by Crippen LogP contribution is 2.28. The van der Waals surface area contributed by atoms with Crippen molar-refractivity contribution in [3.05, 3.63) is 54.6 Å². The Morgan fingerprint density at radius 1 is 0.742 bits per heavy atom. The summed E-state index contributed by atoms with van der Waals surface area (Å²) in [6.45, 7) is -0.0147. The zero-order chi connectivity index (χ0) is 21.6. The van der Waals surface area contributed by atoms with Crippen LogP contribution in [0.1, 0.15) is 32.1 Å². The van der Waals surface area contributed by atoms with Gasteiger partial charge in [-0.05, 0) is 62.1 Å². The minimum Gasteiger partial charge on any atom is -0.491 e. The molecule has 1 saturated heterocycles. The molecule has 3 N–H and O–H groups in total. The van der Waals surface area contributed by atoms with Gasteiger partial charge in [-0.1, -0.05) is 24.6 Å². The standard InChI is InChI=1S/C24H30O7/c25-21-20(15-28-16-7-3-1-4-8-16)31-24(27)23(22(21)26)30-19-13-11-18(12-14-19)29-17-9-5-2-6-10-17/h1,3-4,7-8,11-14,17,20-27H,2,5-6,9-10,15H2/t20-,21-,22+,23-,24+/m1/s1. The van der Waals surface area contributed by atoms with E-state index in [2.05, 4.69) is 0 Å². The van der Waals surface area contributed by atoms with Crippen LogP contribution >= 0.6 is 0 Å². The molecule has 31 heavy (non-hydrogen) atoms. The predicted molar refractivity (Wildman–Crippen MR) is 113 cm³/mol. The molecule has 0 radical (unpaired) electrons. The highest BCUT2D eigenvalue weighted by molar-refractivity contribution is 5.31. The lowest BCUT2D eigenvalue weighted by atomic mass is 9.98. The molecule has 0 unspecified atom stereocenters. The van der Waals surface area contributed by atoms with Crippen LogP contribution in [0.5, 0.6) is 17.2 Å². The van der Waals surface area contributed by atoms with Crippen LogP contribution in [0.25, 0.3) is 0 Å². The molecular weight excluding hydrogens is 400 g/mol. The van der Waals surface area contributed by atoms with E-state index >= 15 is 0 Å². The summed E-state index contributed by atoms with van der Waals surface area (Å²) < 4.78 is 22.8. The largest absolute Gasteiger partial charge is 0.491 e. The fraction of sp³-hybridized carbons (Fsp3) is 0.500. The van der Waals surface area contributed by atoms with Gasteiger partial charge >= 0.3 is 0 Å². The predicted octanol–water partition coefficient (Wildman–Crippen LogP) is 2.66. The Balaban J connectivity index is 1.31. The number of benzene rings is 2. The first-order valence-electron chi connectivity index (χ1n) is 10.9. The number of para-hydroxylation sites is 1. The van der Waals surface area contributed by atoms with E-state index in [1.165, 1.54) is 19.3 Å². The molecule has 1 heterocycles. The smallest absolute Gasteiger partial charge is 0.195 e. The summed E-state index contributed by atoms with van der Waals surface area (Å²) in [5.41, 5.74) is 0. The first-order chi connectivity index (χ1) is 15.1. The molecule has 2 fully saturated rings. The lowest BCUT2D eigenvalue weighted by Crippen LogP contribution is -2.60. The molecule has 0 aromatic heterocycles. The maximum atomic E-state index is 10.5. The topological polar surface area (TPSA) is 97.6 Å². The average Bonchev–Trinajstić information content (AvgIpc) is 2.81. The van der Waals surface area contributed by atoms with E-state index in [0.717, 1.165) is 18.6 Å². The van der Waals surface area contributed by atoms with Crippen molar-refractivity contribution in [1.82, 2.24) is 0 Å². The van der Waals surface area contributed by atoms with Crippen molar-refractivity contribution in [2.24, 2.45) is 0 Å². The van der Waals surface area contributed by atoms with Crippen LogP contribution in [0.2, 0.25) is 0 Å². The SMILES string of the molecule is O[C@H]1[C@H](O)[C@@H](COc2ccccc2)O[C@H](O)[C@@H]1Oc1ccc(OC2CCCCC2)cc1. The summed E-state index contributed by atoms with van der Waals surface area (Å²) in [4.78, 5) is 0. The van der Waals surface area contributed by atoms with Crippen LogP contribution in [0.3, 0.4) is 0 Å². The molecule has 7 heteroatoms. The molecule has 7 nitrogen and oxygen atoms in total. The second-order valence-corrected chi connectivity index (χ2v) is 8.10. The lowest BCUT2D eigenvalue weighted by Gasteiger charge is -2.40. The highest BCUT2D eigenvalue weighted by atomic mass is 16.7. The van der Waals surface area contributed by atoms with Crippen LogP contribution in [-0.2, 0) is 4.74 Å². The Kier molecular flexibility index (Phi) is 7.29. The van der Waals surface area contributed by atoms with Gasteiger partial charge in [-0.3, -0.25) is 0 Å². The molecule has 4 rings (SSSR count). The molecule has 2 aromatic carbocycles. The summed E-state index contributed by atoms with van der Waals surface area (Å²) in [7, 11) is 0. The molecular formula is C24H30O7. The van der Waals surface area contributed by atoms with Crippen molar-refractivity contribution in [2.75, 3.05) is 6.61 Å². The van der Waals surface area contributed by atoms with Crippen LogP contribution < -0.4 is 14.2 Å². The normalized spacial score (nSPS) is 29.3.